The Hall–Kier alpha value is -2.29. The molecular formula is C19H19Cl2N3O4S. The first-order chi connectivity index (χ1) is 13.7. The molecule has 0 saturated carbocycles. The van der Waals surface area contributed by atoms with E-state index in [1.54, 1.807) is 45.3 Å². The van der Waals surface area contributed by atoms with E-state index in [0.29, 0.717) is 15.6 Å². The van der Waals surface area contributed by atoms with E-state index in [-0.39, 0.29) is 28.1 Å². The Balaban J connectivity index is 1.98. The number of ether oxygens (including phenoxy) is 1. The van der Waals surface area contributed by atoms with Crippen LogP contribution in [0.25, 0.3) is 0 Å². The molecule has 0 aliphatic rings. The van der Waals surface area contributed by atoms with Gasteiger partial charge < -0.3 is 15.0 Å². The fourth-order valence-corrected chi connectivity index (χ4v) is 3.48. The number of amides is 2. The molecule has 1 N–H and O–H groups in total. The quantitative estimate of drug-likeness (QED) is 0.505. The van der Waals surface area contributed by atoms with Gasteiger partial charge >= 0.3 is 5.97 Å². The van der Waals surface area contributed by atoms with E-state index in [9.17, 15) is 14.4 Å². The Bertz CT molecular complexity index is 938. The van der Waals surface area contributed by atoms with Crippen LogP contribution >= 0.6 is 35.0 Å². The number of nitrogens with zero attached hydrogens (tertiary/aromatic N) is 2. The highest BCUT2D eigenvalue weighted by Crippen LogP contribution is 2.26. The lowest BCUT2D eigenvalue weighted by molar-refractivity contribution is -0.125. The van der Waals surface area contributed by atoms with Gasteiger partial charge in [0.05, 0.1) is 27.1 Å². The minimum atomic E-state index is -0.674. The number of hydrogen-bond donors (Lipinski definition) is 1. The maximum absolute atomic E-state index is 12.4. The first-order valence-electron chi connectivity index (χ1n) is 8.40. The van der Waals surface area contributed by atoms with Crippen LogP contribution < -0.4 is 5.32 Å². The predicted octanol–water partition coefficient (Wildman–Crippen LogP) is 3.67. The van der Waals surface area contributed by atoms with Crippen LogP contribution in [0, 0.1) is 6.92 Å². The standard InChI is InChI=1S/C19H19Cl2N3O4S/c1-11-13(20)8-14(21)18(22-11)23-16(25)9-28-19(27)12-6-4-5-7-15(12)29-10-17(26)24(2)3/h4-8H,9-10H2,1-3H3,(H,22,23,25). The number of rotatable bonds is 7. The molecule has 0 fully saturated rings. The summed E-state index contributed by atoms with van der Waals surface area (Å²) in [5.41, 5.74) is 0.775. The molecule has 1 heterocycles. The molecule has 10 heteroatoms. The summed E-state index contributed by atoms with van der Waals surface area (Å²) >= 11 is 13.1. The summed E-state index contributed by atoms with van der Waals surface area (Å²) < 4.78 is 5.09. The molecule has 0 unspecified atom stereocenters. The van der Waals surface area contributed by atoms with Crippen molar-refractivity contribution in [3.05, 3.63) is 51.6 Å². The third-order valence-corrected chi connectivity index (χ3v) is 5.38. The van der Waals surface area contributed by atoms with Crippen LogP contribution in [0.5, 0.6) is 0 Å². The molecule has 0 saturated heterocycles. The largest absolute Gasteiger partial charge is 0.452 e. The van der Waals surface area contributed by atoms with Crippen molar-refractivity contribution in [3.63, 3.8) is 0 Å². The average molecular weight is 456 g/mol. The van der Waals surface area contributed by atoms with E-state index < -0.39 is 18.5 Å². The lowest BCUT2D eigenvalue weighted by atomic mass is 10.2. The molecule has 2 amide bonds. The summed E-state index contributed by atoms with van der Waals surface area (Å²) in [7, 11) is 3.32. The number of thioether (sulfide) groups is 1. The fourth-order valence-electron chi connectivity index (χ4n) is 2.05. The molecule has 0 radical (unpaired) electrons. The van der Waals surface area contributed by atoms with Crippen LogP contribution in [-0.2, 0) is 14.3 Å². The summed E-state index contributed by atoms with van der Waals surface area (Å²) in [4.78, 5) is 42.4. The van der Waals surface area contributed by atoms with Gasteiger partial charge in [-0.3, -0.25) is 9.59 Å². The maximum atomic E-state index is 12.4. The number of hydrogen-bond acceptors (Lipinski definition) is 6. The first kappa shape index (κ1) is 23.0. The van der Waals surface area contributed by atoms with Crippen LogP contribution in [0.1, 0.15) is 16.1 Å². The molecule has 0 aliphatic heterocycles. The highest BCUT2D eigenvalue weighted by molar-refractivity contribution is 8.00. The van der Waals surface area contributed by atoms with Crippen LogP contribution in [0.15, 0.2) is 35.2 Å². The van der Waals surface area contributed by atoms with Gasteiger partial charge in [0.1, 0.15) is 0 Å². The number of esters is 1. The van der Waals surface area contributed by atoms with Gasteiger partial charge in [-0.25, -0.2) is 9.78 Å². The predicted molar refractivity (Wildman–Crippen MR) is 114 cm³/mol. The second-order valence-corrected chi connectivity index (χ2v) is 7.91. The van der Waals surface area contributed by atoms with Gasteiger partial charge in [-0.05, 0) is 25.1 Å². The number of pyridine rings is 1. The minimum absolute atomic E-state index is 0.0832. The zero-order chi connectivity index (χ0) is 21.6. The smallest absolute Gasteiger partial charge is 0.339 e. The number of aryl methyl sites for hydroxylation is 1. The molecule has 7 nitrogen and oxygen atoms in total. The molecule has 1 aromatic carbocycles. The van der Waals surface area contributed by atoms with Gasteiger partial charge in [0.2, 0.25) is 5.91 Å². The molecule has 0 atom stereocenters. The lowest BCUT2D eigenvalue weighted by Crippen LogP contribution is -2.24. The highest BCUT2D eigenvalue weighted by Gasteiger charge is 2.17. The number of halogens is 2. The van der Waals surface area contributed by atoms with Crippen molar-refractivity contribution in [2.75, 3.05) is 31.8 Å². The molecule has 0 aliphatic carbocycles. The third kappa shape index (κ3) is 6.62. The molecule has 1 aromatic heterocycles. The highest BCUT2D eigenvalue weighted by atomic mass is 35.5. The molecule has 0 spiro atoms. The molecule has 0 bridgehead atoms. The Morgan fingerprint density at radius 3 is 2.55 bits per heavy atom. The Labute approximate surface area is 182 Å². The minimum Gasteiger partial charge on any atom is -0.452 e. The average Bonchev–Trinajstić information content (AvgIpc) is 2.68. The van der Waals surface area contributed by atoms with E-state index in [0.717, 1.165) is 0 Å². The Kier molecular flexibility index (Phi) is 8.31. The second kappa shape index (κ2) is 10.5. The van der Waals surface area contributed by atoms with Crippen molar-refractivity contribution in [1.29, 1.82) is 0 Å². The lowest BCUT2D eigenvalue weighted by Gasteiger charge is -2.12. The number of aromatic nitrogens is 1. The summed E-state index contributed by atoms with van der Waals surface area (Å²) in [6.45, 7) is 1.15. The van der Waals surface area contributed by atoms with E-state index in [4.69, 9.17) is 27.9 Å². The number of carbonyl (C=O) groups excluding carboxylic acids is 3. The Morgan fingerprint density at radius 1 is 1.17 bits per heavy atom. The zero-order valence-corrected chi connectivity index (χ0v) is 18.3. The molecule has 2 aromatic rings. The molecule has 29 heavy (non-hydrogen) atoms. The normalized spacial score (nSPS) is 10.4. The van der Waals surface area contributed by atoms with E-state index in [1.807, 2.05) is 0 Å². The summed E-state index contributed by atoms with van der Waals surface area (Å²) in [6.07, 6.45) is 0. The van der Waals surface area contributed by atoms with Gasteiger partial charge in [-0.2, -0.15) is 0 Å². The van der Waals surface area contributed by atoms with E-state index >= 15 is 0 Å². The van der Waals surface area contributed by atoms with E-state index in [1.165, 1.54) is 22.7 Å². The number of benzene rings is 1. The van der Waals surface area contributed by atoms with Crippen LogP contribution in [-0.4, -0.2) is 54.1 Å². The van der Waals surface area contributed by atoms with Gasteiger partial charge in [-0.15, -0.1) is 11.8 Å². The number of nitrogens with one attached hydrogen (secondary N) is 1. The van der Waals surface area contributed by atoms with Crippen LogP contribution in [0.4, 0.5) is 5.82 Å². The van der Waals surface area contributed by atoms with Crippen LogP contribution in [0.2, 0.25) is 10.0 Å². The summed E-state index contributed by atoms with van der Waals surface area (Å²) in [5.74, 6) is -1.04. The number of anilines is 1. The van der Waals surface area contributed by atoms with Crippen molar-refractivity contribution >= 4 is 58.6 Å². The van der Waals surface area contributed by atoms with Gasteiger partial charge in [0, 0.05) is 19.0 Å². The van der Waals surface area contributed by atoms with Crippen molar-refractivity contribution in [2.24, 2.45) is 0 Å². The monoisotopic (exact) mass is 455 g/mol. The third-order valence-electron chi connectivity index (χ3n) is 3.65. The van der Waals surface area contributed by atoms with Crippen molar-refractivity contribution in [2.45, 2.75) is 11.8 Å². The Morgan fingerprint density at radius 2 is 1.86 bits per heavy atom. The molecule has 154 valence electrons. The SMILES string of the molecule is Cc1nc(NC(=O)COC(=O)c2ccccc2SCC(=O)N(C)C)c(Cl)cc1Cl. The van der Waals surface area contributed by atoms with Gasteiger partial charge in [0.15, 0.2) is 12.4 Å². The molecule has 2 rings (SSSR count). The topological polar surface area (TPSA) is 88.6 Å². The fraction of sp³-hybridized carbons (Fsp3) is 0.263. The van der Waals surface area contributed by atoms with Crippen molar-refractivity contribution < 1.29 is 19.1 Å². The van der Waals surface area contributed by atoms with Gasteiger partial charge in [-0.1, -0.05) is 35.3 Å². The van der Waals surface area contributed by atoms with Crippen LogP contribution in [0.3, 0.4) is 0 Å². The number of carbonyl (C=O) groups is 3. The zero-order valence-electron chi connectivity index (χ0n) is 16.0. The summed E-state index contributed by atoms with van der Waals surface area (Å²) in [6, 6.07) is 8.18. The van der Waals surface area contributed by atoms with Crippen molar-refractivity contribution in [3.8, 4) is 0 Å². The summed E-state index contributed by atoms with van der Waals surface area (Å²) in [5, 5.41) is 3.03. The second-order valence-electron chi connectivity index (χ2n) is 6.08. The van der Waals surface area contributed by atoms with Gasteiger partial charge in [0.25, 0.3) is 5.91 Å². The first-order valence-corrected chi connectivity index (χ1v) is 10.1. The maximum Gasteiger partial charge on any atom is 0.339 e. The van der Waals surface area contributed by atoms with E-state index in [2.05, 4.69) is 10.3 Å². The molecular weight excluding hydrogens is 437 g/mol. The van der Waals surface area contributed by atoms with Crippen molar-refractivity contribution in [1.82, 2.24) is 9.88 Å².